The molecule has 2 aromatic carbocycles. The number of anilines is 3. The molecular formula is C18H21BrN4O. The van der Waals surface area contributed by atoms with Crippen molar-refractivity contribution >= 4 is 38.9 Å². The van der Waals surface area contributed by atoms with E-state index in [9.17, 15) is 4.79 Å². The summed E-state index contributed by atoms with van der Waals surface area (Å²) in [6.07, 6.45) is 0. The van der Waals surface area contributed by atoms with Gasteiger partial charge in [-0.3, -0.25) is 4.79 Å². The van der Waals surface area contributed by atoms with Crippen molar-refractivity contribution in [2.45, 2.75) is 0 Å². The fraction of sp³-hybridized carbons (Fsp3) is 0.278. The van der Waals surface area contributed by atoms with Crippen molar-refractivity contribution in [3.63, 3.8) is 0 Å². The first-order chi connectivity index (χ1) is 11.5. The molecule has 1 amide bonds. The molecule has 1 saturated heterocycles. The minimum Gasteiger partial charge on any atom is -0.397 e. The monoisotopic (exact) mass is 388 g/mol. The molecule has 0 aliphatic carbocycles. The number of nitrogens with two attached hydrogens (primary N) is 1. The molecule has 0 bridgehead atoms. The smallest absolute Gasteiger partial charge is 0.256 e. The second-order valence-corrected chi connectivity index (χ2v) is 6.85. The number of benzene rings is 2. The molecule has 1 fully saturated rings. The molecule has 1 aliphatic heterocycles. The van der Waals surface area contributed by atoms with Crippen LogP contribution in [0.1, 0.15) is 10.4 Å². The van der Waals surface area contributed by atoms with Crippen LogP contribution in [0.3, 0.4) is 0 Å². The lowest BCUT2D eigenvalue weighted by molar-refractivity contribution is 0.102. The van der Waals surface area contributed by atoms with Crippen molar-refractivity contribution in [2.75, 3.05) is 49.2 Å². The van der Waals surface area contributed by atoms with Gasteiger partial charge in [0.1, 0.15) is 0 Å². The van der Waals surface area contributed by atoms with Gasteiger partial charge in [0, 0.05) is 36.3 Å². The lowest BCUT2D eigenvalue weighted by atomic mass is 10.1. The van der Waals surface area contributed by atoms with Gasteiger partial charge in [-0.05, 0) is 53.3 Å². The summed E-state index contributed by atoms with van der Waals surface area (Å²) in [4.78, 5) is 17.0. The molecule has 6 heteroatoms. The molecule has 0 atom stereocenters. The zero-order valence-electron chi connectivity index (χ0n) is 13.6. The summed E-state index contributed by atoms with van der Waals surface area (Å²) in [5.74, 6) is -0.158. The number of piperazine rings is 1. The third-order valence-electron chi connectivity index (χ3n) is 4.25. The fourth-order valence-corrected chi connectivity index (χ4v) is 3.28. The first kappa shape index (κ1) is 16.8. The summed E-state index contributed by atoms with van der Waals surface area (Å²) in [6.45, 7) is 3.98. The molecule has 2 aromatic rings. The van der Waals surface area contributed by atoms with Gasteiger partial charge in [-0.25, -0.2) is 0 Å². The largest absolute Gasteiger partial charge is 0.397 e. The Balaban J connectivity index is 1.73. The summed E-state index contributed by atoms with van der Waals surface area (Å²) in [7, 11) is 2.13. The molecule has 0 spiro atoms. The van der Waals surface area contributed by atoms with Crippen LogP contribution in [0.15, 0.2) is 46.9 Å². The number of hydrogen-bond donors (Lipinski definition) is 2. The molecule has 5 nitrogen and oxygen atoms in total. The quantitative estimate of drug-likeness (QED) is 0.793. The summed E-state index contributed by atoms with van der Waals surface area (Å²) in [5.41, 5.74) is 9.23. The van der Waals surface area contributed by atoms with Crippen LogP contribution in [-0.2, 0) is 0 Å². The van der Waals surface area contributed by atoms with Crippen molar-refractivity contribution in [2.24, 2.45) is 0 Å². The van der Waals surface area contributed by atoms with Crippen LogP contribution in [0.4, 0.5) is 17.1 Å². The van der Waals surface area contributed by atoms with Gasteiger partial charge in [-0.15, -0.1) is 0 Å². The van der Waals surface area contributed by atoms with Crippen molar-refractivity contribution in [3.8, 4) is 0 Å². The molecule has 1 aliphatic rings. The van der Waals surface area contributed by atoms with Crippen molar-refractivity contribution in [3.05, 3.63) is 52.5 Å². The highest BCUT2D eigenvalue weighted by molar-refractivity contribution is 9.10. The molecular weight excluding hydrogens is 368 g/mol. The Morgan fingerprint density at radius 3 is 2.50 bits per heavy atom. The van der Waals surface area contributed by atoms with Crippen LogP contribution in [0.2, 0.25) is 0 Å². The average molecular weight is 389 g/mol. The van der Waals surface area contributed by atoms with E-state index >= 15 is 0 Å². The molecule has 3 rings (SSSR count). The molecule has 0 unspecified atom stereocenters. The maximum Gasteiger partial charge on any atom is 0.256 e. The number of amides is 1. The maximum atomic E-state index is 12.4. The van der Waals surface area contributed by atoms with Gasteiger partial charge in [-0.1, -0.05) is 12.1 Å². The van der Waals surface area contributed by atoms with E-state index in [2.05, 4.69) is 38.1 Å². The van der Waals surface area contributed by atoms with E-state index in [-0.39, 0.29) is 5.91 Å². The molecule has 1 heterocycles. The number of nitrogens with one attached hydrogen (secondary N) is 1. The number of carbonyl (C=O) groups is 1. The normalized spacial score (nSPS) is 15.3. The van der Waals surface area contributed by atoms with E-state index in [4.69, 9.17) is 5.73 Å². The standard InChI is InChI=1S/C18H21BrN4O/c1-22-8-10-23(11-9-22)17-7-6-13(12-16(17)20)21-18(24)14-4-2-3-5-15(14)19/h2-7,12H,8-11,20H2,1H3,(H,21,24). The number of rotatable bonds is 3. The maximum absolute atomic E-state index is 12.4. The van der Waals surface area contributed by atoms with Crippen LogP contribution in [0, 0.1) is 0 Å². The van der Waals surface area contributed by atoms with Crippen molar-refractivity contribution < 1.29 is 4.79 Å². The number of nitrogen functional groups attached to an aromatic ring is 1. The Hall–Kier alpha value is -2.05. The Bertz CT molecular complexity index is 742. The van der Waals surface area contributed by atoms with Gasteiger partial charge in [0.2, 0.25) is 0 Å². The topological polar surface area (TPSA) is 61.6 Å². The van der Waals surface area contributed by atoms with Crippen LogP contribution in [0.25, 0.3) is 0 Å². The average Bonchev–Trinajstić information content (AvgIpc) is 2.56. The molecule has 126 valence electrons. The predicted octanol–water partition coefficient (Wildman–Crippen LogP) is 3.04. The Labute approximate surface area is 150 Å². The minimum absolute atomic E-state index is 0.158. The highest BCUT2D eigenvalue weighted by Gasteiger charge is 2.17. The zero-order chi connectivity index (χ0) is 17.1. The van der Waals surface area contributed by atoms with Gasteiger partial charge in [0.25, 0.3) is 5.91 Å². The van der Waals surface area contributed by atoms with Gasteiger partial charge < -0.3 is 20.9 Å². The van der Waals surface area contributed by atoms with E-state index in [1.165, 1.54) is 0 Å². The third-order valence-corrected chi connectivity index (χ3v) is 4.94. The molecule has 3 N–H and O–H groups in total. The minimum atomic E-state index is -0.158. The highest BCUT2D eigenvalue weighted by atomic mass is 79.9. The van der Waals surface area contributed by atoms with E-state index in [0.717, 1.165) is 36.3 Å². The van der Waals surface area contributed by atoms with E-state index in [1.54, 1.807) is 6.07 Å². The Morgan fingerprint density at radius 1 is 1.12 bits per heavy atom. The van der Waals surface area contributed by atoms with Gasteiger partial charge in [0.15, 0.2) is 0 Å². The molecule has 0 saturated carbocycles. The van der Waals surface area contributed by atoms with Gasteiger partial charge in [-0.2, -0.15) is 0 Å². The number of likely N-dealkylation sites (N-methyl/N-ethyl adjacent to an activating group) is 1. The molecule has 0 aromatic heterocycles. The highest BCUT2D eigenvalue weighted by Crippen LogP contribution is 2.28. The first-order valence-corrected chi connectivity index (χ1v) is 8.73. The lowest BCUT2D eigenvalue weighted by Gasteiger charge is -2.34. The van der Waals surface area contributed by atoms with E-state index < -0.39 is 0 Å². The van der Waals surface area contributed by atoms with E-state index in [0.29, 0.717) is 16.9 Å². The summed E-state index contributed by atoms with van der Waals surface area (Å²) < 4.78 is 0.768. The van der Waals surface area contributed by atoms with Crippen LogP contribution >= 0.6 is 15.9 Å². The second kappa shape index (κ2) is 7.23. The number of hydrogen-bond acceptors (Lipinski definition) is 4. The SMILES string of the molecule is CN1CCN(c2ccc(NC(=O)c3ccccc3Br)cc2N)CC1. The Morgan fingerprint density at radius 2 is 1.83 bits per heavy atom. The van der Waals surface area contributed by atoms with E-state index in [1.807, 2.05) is 36.4 Å². The zero-order valence-corrected chi connectivity index (χ0v) is 15.2. The number of carbonyl (C=O) groups excluding carboxylic acids is 1. The first-order valence-electron chi connectivity index (χ1n) is 7.93. The lowest BCUT2D eigenvalue weighted by Crippen LogP contribution is -2.44. The van der Waals surface area contributed by atoms with Crippen LogP contribution < -0.4 is 16.0 Å². The molecule has 24 heavy (non-hydrogen) atoms. The van der Waals surface area contributed by atoms with Gasteiger partial charge in [0.05, 0.1) is 16.9 Å². The number of halogens is 1. The third kappa shape index (κ3) is 3.71. The second-order valence-electron chi connectivity index (χ2n) is 6.00. The fourth-order valence-electron chi connectivity index (χ4n) is 2.81. The summed E-state index contributed by atoms with van der Waals surface area (Å²) >= 11 is 3.40. The van der Waals surface area contributed by atoms with Crippen LogP contribution in [0.5, 0.6) is 0 Å². The Kier molecular flexibility index (Phi) is 5.06. The predicted molar refractivity (Wildman–Crippen MR) is 103 cm³/mol. The van der Waals surface area contributed by atoms with Gasteiger partial charge >= 0.3 is 0 Å². The number of nitrogens with zero attached hydrogens (tertiary/aromatic N) is 2. The van der Waals surface area contributed by atoms with Crippen molar-refractivity contribution in [1.82, 2.24) is 4.90 Å². The molecule has 0 radical (unpaired) electrons. The summed E-state index contributed by atoms with van der Waals surface area (Å²) in [5, 5.41) is 2.90. The van der Waals surface area contributed by atoms with Crippen molar-refractivity contribution in [1.29, 1.82) is 0 Å². The summed E-state index contributed by atoms with van der Waals surface area (Å²) in [6, 6.07) is 13.0. The van der Waals surface area contributed by atoms with Crippen LogP contribution in [-0.4, -0.2) is 44.0 Å².